The monoisotopic (exact) mass is 404 g/mol. The van der Waals surface area contributed by atoms with E-state index in [0.29, 0.717) is 0 Å². The van der Waals surface area contributed by atoms with Crippen molar-refractivity contribution in [2.45, 2.75) is 37.2 Å². The standard InChI is InChI=1S/C21H22F2N2O2S/c1-12(2)19(25-20(26)18-14(22)7-5-8-15(18)23)21(27)24-16-10-11-28-17-9-4-3-6-13(16)17/h3-9,12,16,19H,10-11H2,1-2H3,(H,24,27)(H,25,26)/t16?,19-/m0/s1. The molecule has 3 rings (SSSR count). The van der Waals surface area contributed by atoms with Gasteiger partial charge >= 0.3 is 0 Å². The maximum atomic E-state index is 13.9. The summed E-state index contributed by atoms with van der Waals surface area (Å²) in [7, 11) is 0. The van der Waals surface area contributed by atoms with Crippen LogP contribution in [0.3, 0.4) is 0 Å². The van der Waals surface area contributed by atoms with Crippen molar-refractivity contribution >= 4 is 23.6 Å². The topological polar surface area (TPSA) is 58.2 Å². The van der Waals surface area contributed by atoms with Crippen molar-refractivity contribution in [3.05, 3.63) is 65.2 Å². The van der Waals surface area contributed by atoms with E-state index in [-0.39, 0.29) is 17.9 Å². The average molecular weight is 404 g/mol. The molecule has 0 bridgehead atoms. The van der Waals surface area contributed by atoms with E-state index < -0.39 is 29.1 Å². The zero-order chi connectivity index (χ0) is 20.3. The minimum absolute atomic E-state index is 0.159. The second-order valence-corrected chi connectivity index (χ2v) is 8.16. The Kier molecular flexibility index (Phi) is 6.34. The van der Waals surface area contributed by atoms with Crippen molar-refractivity contribution in [3.63, 3.8) is 0 Å². The Morgan fingerprint density at radius 3 is 2.43 bits per heavy atom. The quantitative estimate of drug-likeness (QED) is 0.790. The van der Waals surface area contributed by atoms with Gasteiger partial charge in [0.15, 0.2) is 0 Å². The van der Waals surface area contributed by atoms with Crippen molar-refractivity contribution in [3.8, 4) is 0 Å². The third-order valence-corrected chi connectivity index (χ3v) is 5.82. The largest absolute Gasteiger partial charge is 0.347 e. The molecule has 0 spiro atoms. The minimum atomic E-state index is -0.960. The summed E-state index contributed by atoms with van der Waals surface area (Å²) < 4.78 is 27.8. The van der Waals surface area contributed by atoms with Crippen LogP contribution in [0.4, 0.5) is 8.78 Å². The molecule has 0 fully saturated rings. The highest BCUT2D eigenvalue weighted by Gasteiger charge is 2.30. The van der Waals surface area contributed by atoms with E-state index in [1.807, 2.05) is 24.3 Å². The molecular weight excluding hydrogens is 382 g/mol. The first-order valence-electron chi connectivity index (χ1n) is 9.15. The highest BCUT2D eigenvalue weighted by atomic mass is 32.2. The maximum Gasteiger partial charge on any atom is 0.257 e. The minimum Gasteiger partial charge on any atom is -0.347 e. The number of hydrogen-bond acceptors (Lipinski definition) is 3. The van der Waals surface area contributed by atoms with Crippen LogP contribution in [0.1, 0.15) is 42.2 Å². The molecule has 7 heteroatoms. The predicted molar refractivity (Wildman–Crippen MR) is 105 cm³/mol. The van der Waals surface area contributed by atoms with Crippen LogP contribution in [-0.2, 0) is 4.79 Å². The van der Waals surface area contributed by atoms with E-state index in [9.17, 15) is 18.4 Å². The van der Waals surface area contributed by atoms with Crippen LogP contribution >= 0.6 is 11.8 Å². The SMILES string of the molecule is CC(C)[C@H](NC(=O)c1c(F)cccc1F)C(=O)NC1CCSc2ccccc21. The Morgan fingerprint density at radius 1 is 1.07 bits per heavy atom. The van der Waals surface area contributed by atoms with Crippen molar-refractivity contribution in [1.29, 1.82) is 0 Å². The van der Waals surface area contributed by atoms with Gasteiger partial charge in [-0.15, -0.1) is 11.8 Å². The first kappa shape index (κ1) is 20.3. The second-order valence-electron chi connectivity index (χ2n) is 7.03. The van der Waals surface area contributed by atoms with Gasteiger partial charge in [-0.1, -0.05) is 38.1 Å². The molecule has 0 aliphatic carbocycles. The molecule has 0 radical (unpaired) electrons. The molecule has 0 saturated heterocycles. The van der Waals surface area contributed by atoms with Gasteiger partial charge in [-0.05, 0) is 36.1 Å². The molecule has 0 aromatic heterocycles. The summed E-state index contributed by atoms with van der Waals surface area (Å²) in [6.45, 7) is 3.54. The van der Waals surface area contributed by atoms with Gasteiger partial charge in [0.2, 0.25) is 5.91 Å². The summed E-state index contributed by atoms with van der Waals surface area (Å²) in [5, 5.41) is 5.48. The van der Waals surface area contributed by atoms with Gasteiger partial charge in [0.1, 0.15) is 23.2 Å². The number of nitrogens with one attached hydrogen (secondary N) is 2. The molecule has 2 atom stereocenters. The van der Waals surface area contributed by atoms with Gasteiger partial charge in [-0.2, -0.15) is 0 Å². The third-order valence-electron chi connectivity index (χ3n) is 4.70. The zero-order valence-electron chi connectivity index (χ0n) is 15.7. The fourth-order valence-electron chi connectivity index (χ4n) is 3.22. The molecule has 1 unspecified atom stereocenters. The number of carbonyl (C=O) groups is 2. The highest BCUT2D eigenvalue weighted by Crippen LogP contribution is 2.35. The smallest absolute Gasteiger partial charge is 0.257 e. The molecule has 0 saturated carbocycles. The van der Waals surface area contributed by atoms with Gasteiger partial charge in [-0.3, -0.25) is 9.59 Å². The Balaban J connectivity index is 1.76. The fourth-order valence-corrected chi connectivity index (χ4v) is 4.34. The molecule has 2 aromatic carbocycles. The van der Waals surface area contributed by atoms with Crippen LogP contribution in [-0.4, -0.2) is 23.6 Å². The number of rotatable bonds is 5. The zero-order valence-corrected chi connectivity index (χ0v) is 16.5. The number of amides is 2. The molecule has 1 heterocycles. The number of benzene rings is 2. The first-order valence-corrected chi connectivity index (χ1v) is 10.1. The molecule has 28 heavy (non-hydrogen) atoms. The normalized spacial score (nSPS) is 17.0. The van der Waals surface area contributed by atoms with Gasteiger partial charge < -0.3 is 10.6 Å². The van der Waals surface area contributed by atoms with E-state index in [2.05, 4.69) is 10.6 Å². The molecule has 1 aliphatic rings. The van der Waals surface area contributed by atoms with Gasteiger partial charge in [-0.25, -0.2) is 8.78 Å². The first-order chi connectivity index (χ1) is 13.4. The Hall–Kier alpha value is -2.41. The van der Waals surface area contributed by atoms with E-state index in [1.165, 1.54) is 6.07 Å². The lowest BCUT2D eigenvalue weighted by Crippen LogP contribution is -2.51. The average Bonchev–Trinajstić information content (AvgIpc) is 2.66. The second kappa shape index (κ2) is 8.73. The predicted octanol–water partition coefficient (Wildman–Crippen LogP) is 4.07. The van der Waals surface area contributed by atoms with Gasteiger partial charge in [0, 0.05) is 10.6 Å². The van der Waals surface area contributed by atoms with Crippen LogP contribution in [0.2, 0.25) is 0 Å². The van der Waals surface area contributed by atoms with Crippen molar-refractivity contribution in [2.24, 2.45) is 5.92 Å². The van der Waals surface area contributed by atoms with Crippen molar-refractivity contribution < 1.29 is 18.4 Å². The van der Waals surface area contributed by atoms with Crippen LogP contribution in [0.15, 0.2) is 47.4 Å². The van der Waals surface area contributed by atoms with Gasteiger partial charge in [0.25, 0.3) is 5.91 Å². The lowest BCUT2D eigenvalue weighted by molar-refractivity contribution is -0.124. The number of fused-ring (bicyclic) bond motifs is 1. The van der Waals surface area contributed by atoms with E-state index in [1.54, 1.807) is 25.6 Å². The molecule has 4 nitrogen and oxygen atoms in total. The lowest BCUT2D eigenvalue weighted by Gasteiger charge is -2.29. The van der Waals surface area contributed by atoms with Crippen LogP contribution in [0.25, 0.3) is 0 Å². The molecule has 1 aliphatic heterocycles. The van der Waals surface area contributed by atoms with Crippen LogP contribution < -0.4 is 10.6 Å². The summed E-state index contributed by atoms with van der Waals surface area (Å²) in [5.74, 6) is -2.61. The number of carbonyl (C=O) groups excluding carboxylic acids is 2. The summed E-state index contributed by atoms with van der Waals surface area (Å²) in [6.07, 6.45) is 0.772. The Labute approximate surface area is 167 Å². The lowest BCUT2D eigenvalue weighted by atomic mass is 9.99. The van der Waals surface area contributed by atoms with E-state index in [0.717, 1.165) is 34.8 Å². The maximum absolute atomic E-state index is 13.9. The summed E-state index contributed by atoms with van der Waals surface area (Å²) in [5.41, 5.74) is 0.362. The molecular formula is C21H22F2N2O2S. The summed E-state index contributed by atoms with van der Waals surface area (Å²) in [6, 6.07) is 10.0. The third kappa shape index (κ3) is 4.35. The van der Waals surface area contributed by atoms with Crippen LogP contribution in [0.5, 0.6) is 0 Å². The Bertz CT molecular complexity index is 868. The van der Waals surface area contributed by atoms with E-state index >= 15 is 0 Å². The Morgan fingerprint density at radius 2 is 1.75 bits per heavy atom. The fraction of sp³-hybridized carbons (Fsp3) is 0.333. The number of thioether (sulfide) groups is 1. The highest BCUT2D eigenvalue weighted by molar-refractivity contribution is 7.99. The molecule has 2 amide bonds. The molecule has 148 valence electrons. The molecule has 2 N–H and O–H groups in total. The number of halogens is 2. The van der Waals surface area contributed by atoms with Crippen LogP contribution in [0, 0.1) is 17.6 Å². The molecule has 2 aromatic rings. The number of hydrogen-bond donors (Lipinski definition) is 2. The summed E-state index contributed by atoms with van der Waals surface area (Å²) >= 11 is 1.74. The van der Waals surface area contributed by atoms with Gasteiger partial charge in [0.05, 0.1) is 6.04 Å². The van der Waals surface area contributed by atoms with E-state index in [4.69, 9.17) is 0 Å². The van der Waals surface area contributed by atoms with Crippen molar-refractivity contribution in [1.82, 2.24) is 10.6 Å². The van der Waals surface area contributed by atoms with Crippen molar-refractivity contribution in [2.75, 3.05) is 5.75 Å². The summed E-state index contributed by atoms with van der Waals surface area (Å²) in [4.78, 5) is 26.4.